The molecule has 0 radical (unpaired) electrons. The van der Waals surface area contributed by atoms with Gasteiger partial charge in [-0.25, -0.2) is 9.67 Å². The third-order valence-corrected chi connectivity index (χ3v) is 7.34. The molecule has 0 atom stereocenters. The van der Waals surface area contributed by atoms with Gasteiger partial charge in [0.25, 0.3) is 5.91 Å². The largest absolute Gasteiger partial charge is 0.389 e. The summed E-state index contributed by atoms with van der Waals surface area (Å²) in [6.45, 7) is 7.45. The molecule has 4 heterocycles. The number of aliphatic hydroxyl groups is 1. The molecule has 192 valence electrons. The fraction of sp³-hybridized carbons (Fsp3) is 0.464. The zero-order chi connectivity index (χ0) is 26.2. The van der Waals surface area contributed by atoms with E-state index < -0.39 is 11.0 Å². The summed E-state index contributed by atoms with van der Waals surface area (Å²) in [5, 5.41) is 27.4. The Bertz CT molecular complexity index is 1300. The predicted octanol–water partition coefficient (Wildman–Crippen LogP) is 3.73. The van der Waals surface area contributed by atoms with Crippen LogP contribution < -0.4 is 5.32 Å². The molecule has 1 aliphatic carbocycles. The van der Waals surface area contributed by atoms with Crippen LogP contribution in [-0.4, -0.2) is 60.9 Å². The third kappa shape index (κ3) is 5.41. The van der Waals surface area contributed by atoms with E-state index in [-0.39, 0.29) is 5.91 Å². The molecule has 9 nitrogen and oxygen atoms in total. The molecule has 1 amide bonds. The summed E-state index contributed by atoms with van der Waals surface area (Å²) in [7, 11) is 0. The predicted molar refractivity (Wildman–Crippen MR) is 140 cm³/mol. The first kappa shape index (κ1) is 25.1. The fourth-order valence-corrected chi connectivity index (χ4v) is 5.06. The van der Waals surface area contributed by atoms with Crippen LogP contribution in [-0.2, 0) is 5.41 Å². The van der Waals surface area contributed by atoms with Gasteiger partial charge in [0.2, 0.25) is 0 Å². The summed E-state index contributed by atoms with van der Waals surface area (Å²) in [4.78, 5) is 24.3. The number of amides is 1. The number of hydrogen-bond acceptors (Lipinski definition) is 7. The van der Waals surface area contributed by atoms with Crippen LogP contribution in [0.15, 0.2) is 42.9 Å². The number of aromatic nitrogens is 4. The lowest BCUT2D eigenvalue weighted by Crippen LogP contribution is -2.47. The second-order valence-corrected chi connectivity index (χ2v) is 10.9. The topological polar surface area (TPSA) is 120 Å². The average Bonchev–Trinajstić information content (AvgIpc) is 3.66. The second-order valence-electron chi connectivity index (χ2n) is 10.9. The molecule has 37 heavy (non-hydrogen) atoms. The molecule has 3 aromatic heterocycles. The van der Waals surface area contributed by atoms with Gasteiger partial charge < -0.3 is 15.3 Å². The monoisotopic (exact) mass is 499 g/mol. The molecular weight excluding hydrogens is 466 g/mol. The molecule has 1 saturated carbocycles. The van der Waals surface area contributed by atoms with Gasteiger partial charge in [-0.1, -0.05) is 6.07 Å². The molecule has 2 N–H and O–H groups in total. The van der Waals surface area contributed by atoms with Crippen molar-refractivity contribution in [3.8, 4) is 11.9 Å². The van der Waals surface area contributed by atoms with Gasteiger partial charge in [0, 0.05) is 25.8 Å². The van der Waals surface area contributed by atoms with Crippen molar-refractivity contribution >= 4 is 11.6 Å². The normalized spacial score (nSPS) is 17.8. The quantitative estimate of drug-likeness (QED) is 0.508. The number of β-amino-alcohol motifs (C(OH)–C–C–N with tert-alkyl or cyclic N) is 1. The van der Waals surface area contributed by atoms with Gasteiger partial charge in [0.15, 0.2) is 5.82 Å². The molecule has 1 saturated heterocycles. The lowest BCUT2D eigenvalue weighted by Gasteiger charge is -2.39. The van der Waals surface area contributed by atoms with Crippen LogP contribution in [0.2, 0.25) is 0 Å². The number of rotatable bonds is 7. The molecule has 0 aromatic carbocycles. The van der Waals surface area contributed by atoms with Crippen molar-refractivity contribution in [1.29, 1.82) is 5.26 Å². The Kier molecular flexibility index (Phi) is 6.56. The SMILES string of the molecule is Cc1c(C(=O)Nc2ccc(C3(C#N)CCN(CC(C)(C)O)CC3)nc2)cnn1-c1ccc(C2CC2)cn1. The van der Waals surface area contributed by atoms with Crippen LogP contribution in [0.1, 0.15) is 72.8 Å². The number of nitrogens with zero attached hydrogens (tertiary/aromatic N) is 6. The van der Waals surface area contributed by atoms with Crippen LogP contribution in [0.4, 0.5) is 5.69 Å². The first-order chi connectivity index (χ1) is 17.7. The van der Waals surface area contributed by atoms with E-state index in [1.54, 1.807) is 37.0 Å². The van der Waals surface area contributed by atoms with Crippen LogP contribution in [0, 0.1) is 18.3 Å². The van der Waals surface area contributed by atoms with E-state index in [4.69, 9.17) is 0 Å². The molecule has 9 heteroatoms. The lowest BCUT2D eigenvalue weighted by molar-refractivity contribution is 0.0244. The van der Waals surface area contributed by atoms with Gasteiger partial charge in [-0.15, -0.1) is 0 Å². The third-order valence-electron chi connectivity index (χ3n) is 7.34. The highest BCUT2D eigenvalue weighted by Crippen LogP contribution is 2.39. The smallest absolute Gasteiger partial charge is 0.259 e. The highest BCUT2D eigenvalue weighted by atomic mass is 16.3. The first-order valence-corrected chi connectivity index (χ1v) is 12.8. The standard InChI is InChI=1S/C28H33N7O2/c1-19-23(16-32-35(19)25-9-6-21(14-31-25)20-4-5-20)26(36)33-22-7-8-24(30-15-22)28(17-29)10-12-34(13-11-28)18-27(2,3)37/h6-9,14-16,20,37H,4-5,10-13,18H2,1-3H3,(H,33,36). The summed E-state index contributed by atoms with van der Waals surface area (Å²) in [6.07, 6.45) is 8.79. The highest BCUT2D eigenvalue weighted by molar-refractivity contribution is 6.04. The molecule has 5 rings (SSSR count). The summed E-state index contributed by atoms with van der Waals surface area (Å²) < 4.78 is 1.67. The minimum absolute atomic E-state index is 0.275. The Labute approximate surface area is 217 Å². The lowest BCUT2D eigenvalue weighted by atomic mass is 9.76. The summed E-state index contributed by atoms with van der Waals surface area (Å²) >= 11 is 0. The van der Waals surface area contributed by atoms with Gasteiger partial charge in [-0.05, 0) is 76.1 Å². The minimum atomic E-state index is -0.767. The first-order valence-electron chi connectivity index (χ1n) is 12.8. The Morgan fingerprint density at radius 2 is 1.92 bits per heavy atom. The number of likely N-dealkylation sites (tertiary alicyclic amines) is 1. The number of carbonyl (C=O) groups is 1. The molecular formula is C28H33N7O2. The van der Waals surface area contributed by atoms with E-state index in [1.165, 1.54) is 18.4 Å². The van der Waals surface area contributed by atoms with Crippen molar-refractivity contribution in [2.75, 3.05) is 25.0 Å². The Balaban J connectivity index is 1.24. The maximum atomic E-state index is 13.0. The van der Waals surface area contributed by atoms with Crippen molar-refractivity contribution in [2.24, 2.45) is 0 Å². The Morgan fingerprint density at radius 1 is 1.16 bits per heavy atom. The molecule has 0 bridgehead atoms. The van der Waals surface area contributed by atoms with Crippen molar-refractivity contribution in [1.82, 2.24) is 24.6 Å². The fourth-order valence-electron chi connectivity index (χ4n) is 5.06. The van der Waals surface area contributed by atoms with Crippen LogP contribution >= 0.6 is 0 Å². The molecule has 0 unspecified atom stereocenters. The van der Waals surface area contributed by atoms with Crippen molar-refractivity contribution in [2.45, 2.75) is 63.4 Å². The van der Waals surface area contributed by atoms with Gasteiger partial charge in [-0.3, -0.25) is 9.78 Å². The molecule has 0 spiro atoms. The number of carbonyl (C=O) groups excluding carboxylic acids is 1. The van der Waals surface area contributed by atoms with Crippen molar-refractivity contribution < 1.29 is 9.90 Å². The van der Waals surface area contributed by atoms with Crippen LogP contribution in [0.5, 0.6) is 0 Å². The molecule has 2 fully saturated rings. The number of pyridine rings is 2. The number of hydrogen-bond donors (Lipinski definition) is 2. The average molecular weight is 500 g/mol. The van der Waals surface area contributed by atoms with E-state index >= 15 is 0 Å². The molecule has 1 aliphatic heterocycles. The number of piperidine rings is 1. The summed E-state index contributed by atoms with van der Waals surface area (Å²) in [5.41, 5.74) is 2.25. The summed E-state index contributed by atoms with van der Waals surface area (Å²) in [6, 6.07) is 10.1. The van der Waals surface area contributed by atoms with Crippen LogP contribution in [0.25, 0.3) is 5.82 Å². The second kappa shape index (κ2) is 9.69. The summed E-state index contributed by atoms with van der Waals surface area (Å²) in [5.74, 6) is 1.04. The van der Waals surface area contributed by atoms with Crippen molar-refractivity contribution in [3.63, 3.8) is 0 Å². The number of anilines is 1. The van der Waals surface area contributed by atoms with E-state index in [0.29, 0.717) is 53.8 Å². The van der Waals surface area contributed by atoms with Gasteiger partial charge in [0.05, 0.1) is 46.7 Å². The Morgan fingerprint density at radius 3 is 2.49 bits per heavy atom. The van der Waals surface area contributed by atoms with Crippen molar-refractivity contribution in [3.05, 3.63) is 65.4 Å². The maximum Gasteiger partial charge on any atom is 0.259 e. The van der Waals surface area contributed by atoms with Gasteiger partial charge in [-0.2, -0.15) is 10.4 Å². The molecule has 3 aromatic rings. The van der Waals surface area contributed by atoms with Gasteiger partial charge in [0.1, 0.15) is 5.41 Å². The van der Waals surface area contributed by atoms with Gasteiger partial charge >= 0.3 is 0 Å². The highest BCUT2D eigenvalue weighted by Gasteiger charge is 2.38. The maximum absolute atomic E-state index is 13.0. The van der Waals surface area contributed by atoms with Crippen LogP contribution in [0.3, 0.4) is 0 Å². The molecule has 2 aliphatic rings. The number of nitrogens with one attached hydrogen (secondary N) is 1. The van der Waals surface area contributed by atoms with E-state index in [1.807, 2.05) is 25.3 Å². The van der Waals surface area contributed by atoms with E-state index in [2.05, 4.69) is 37.4 Å². The van der Waals surface area contributed by atoms with E-state index in [0.717, 1.165) is 13.1 Å². The number of nitriles is 1. The van der Waals surface area contributed by atoms with E-state index in [9.17, 15) is 15.2 Å². The zero-order valence-electron chi connectivity index (χ0n) is 21.6. The minimum Gasteiger partial charge on any atom is -0.389 e. The zero-order valence-corrected chi connectivity index (χ0v) is 21.6. The Hall–Kier alpha value is -3.61.